The fraction of sp³-hybridized carbons (Fsp3) is 0.118. The van der Waals surface area contributed by atoms with Gasteiger partial charge in [-0.15, -0.1) is 11.3 Å². The Balaban J connectivity index is 1.69. The fourth-order valence-corrected chi connectivity index (χ4v) is 3.47. The molecule has 0 spiro atoms. The molecule has 4 rings (SSSR count). The number of carbonyl (C=O) groups is 1. The number of nitrogens with zero attached hydrogens (tertiary/aromatic N) is 3. The minimum absolute atomic E-state index is 0.274. The number of aromatic carboxylic acids is 1. The van der Waals surface area contributed by atoms with Crippen molar-refractivity contribution in [3.63, 3.8) is 0 Å². The van der Waals surface area contributed by atoms with E-state index in [2.05, 4.69) is 28.3 Å². The van der Waals surface area contributed by atoms with Crippen LogP contribution in [0.3, 0.4) is 0 Å². The molecule has 0 atom stereocenters. The van der Waals surface area contributed by atoms with E-state index in [1.807, 2.05) is 17.8 Å². The first-order chi connectivity index (χ1) is 11.1. The summed E-state index contributed by atoms with van der Waals surface area (Å²) in [5, 5.41) is 15.4. The highest BCUT2D eigenvalue weighted by Gasteiger charge is 2.08. The third-order valence-electron chi connectivity index (χ3n) is 3.70. The fourth-order valence-electron chi connectivity index (χ4n) is 2.66. The number of aromatic nitrogens is 3. The van der Waals surface area contributed by atoms with Crippen molar-refractivity contribution in [2.45, 2.75) is 13.5 Å². The summed E-state index contributed by atoms with van der Waals surface area (Å²) in [6.45, 7) is 2.63. The molecular weight excluding hydrogens is 310 g/mol. The molecule has 114 valence electrons. The molecule has 0 radical (unpaired) electrons. The van der Waals surface area contributed by atoms with Crippen LogP contribution in [0.25, 0.3) is 21.1 Å². The number of thiazole rings is 1. The smallest absolute Gasteiger partial charge is 0.335 e. The average molecular weight is 323 g/mol. The molecule has 0 saturated heterocycles. The molecule has 0 bridgehead atoms. The number of carboxylic acid groups (broad SMARTS) is 1. The first kappa shape index (κ1) is 13.9. The summed E-state index contributed by atoms with van der Waals surface area (Å²) in [6, 6.07) is 11.2. The van der Waals surface area contributed by atoms with E-state index >= 15 is 0 Å². The number of aryl methyl sites for hydroxylation is 1. The Morgan fingerprint density at radius 1 is 1.22 bits per heavy atom. The minimum atomic E-state index is -0.927. The summed E-state index contributed by atoms with van der Waals surface area (Å²) in [6.07, 6.45) is 1.87. The highest BCUT2D eigenvalue weighted by Crippen LogP contribution is 2.23. The van der Waals surface area contributed by atoms with Gasteiger partial charge in [0.25, 0.3) is 0 Å². The van der Waals surface area contributed by atoms with Crippen LogP contribution in [0.2, 0.25) is 0 Å². The van der Waals surface area contributed by atoms with Gasteiger partial charge in [0, 0.05) is 11.6 Å². The topological polar surface area (TPSA) is 68.0 Å². The lowest BCUT2D eigenvalue weighted by atomic mass is 10.2. The van der Waals surface area contributed by atoms with Gasteiger partial charge in [0.2, 0.25) is 0 Å². The standard InChI is InChI=1S/C17H13N3O2S/c1-10-18-15-6-11(2-5-16(15)23-10)8-20-9-13-7-12(17(21)22)3-4-14(13)19-20/h2-7,9H,8H2,1H3,(H,21,22). The molecule has 23 heavy (non-hydrogen) atoms. The maximum Gasteiger partial charge on any atom is 0.335 e. The van der Waals surface area contributed by atoms with Crippen LogP contribution in [-0.2, 0) is 6.54 Å². The van der Waals surface area contributed by atoms with E-state index in [-0.39, 0.29) is 5.56 Å². The van der Waals surface area contributed by atoms with Gasteiger partial charge in [-0.2, -0.15) is 5.10 Å². The van der Waals surface area contributed by atoms with Crippen molar-refractivity contribution in [2.24, 2.45) is 0 Å². The average Bonchev–Trinajstić information content (AvgIpc) is 3.07. The number of carboxylic acids is 1. The summed E-state index contributed by atoms with van der Waals surface area (Å²) in [5.74, 6) is -0.927. The van der Waals surface area contributed by atoms with E-state index in [9.17, 15) is 4.79 Å². The van der Waals surface area contributed by atoms with Crippen LogP contribution in [0.4, 0.5) is 0 Å². The largest absolute Gasteiger partial charge is 0.478 e. The third-order valence-corrected chi connectivity index (χ3v) is 4.65. The van der Waals surface area contributed by atoms with Crippen LogP contribution >= 0.6 is 11.3 Å². The molecule has 0 aliphatic rings. The predicted molar refractivity (Wildman–Crippen MR) is 90.2 cm³/mol. The molecule has 0 aliphatic carbocycles. The van der Waals surface area contributed by atoms with Crippen molar-refractivity contribution >= 4 is 38.4 Å². The highest BCUT2D eigenvalue weighted by atomic mass is 32.1. The van der Waals surface area contributed by atoms with Crippen LogP contribution in [0.5, 0.6) is 0 Å². The van der Waals surface area contributed by atoms with Crippen LogP contribution in [0.15, 0.2) is 42.6 Å². The molecule has 0 unspecified atom stereocenters. The molecule has 6 heteroatoms. The Labute approximate surface area is 135 Å². The second kappa shape index (κ2) is 5.17. The van der Waals surface area contributed by atoms with Crippen LogP contribution < -0.4 is 0 Å². The van der Waals surface area contributed by atoms with Crippen molar-refractivity contribution in [1.29, 1.82) is 0 Å². The van der Waals surface area contributed by atoms with Crippen LogP contribution in [0, 0.1) is 6.92 Å². The number of hydrogen-bond acceptors (Lipinski definition) is 4. The quantitative estimate of drug-likeness (QED) is 0.624. The maximum atomic E-state index is 11.0. The van der Waals surface area contributed by atoms with E-state index < -0.39 is 5.97 Å². The predicted octanol–water partition coefficient (Wildman–Crippen LogP) is 3.70. The lowest BCUT2D eigenvalue weighted by Crippen LogP contribution is -1.99. The Morgan fingerprint density at radius 2 is 2.09 bits per heavy atom. The highest BCUT2D eigenvalue weighted by molar-refractivity contribution is 7.18. The van der Waals surface area contributed by atoms with E-state index in [0.717, 1.165) is 27.0 Å². The van der Waals surface area contributed by atoms with Gasteiger partial charge in [-0.1, -0.05) is 6.07 Å². The Hall–Kier alpha value is -2.73. The van der Waals surface area contributed by atoms with Crippen LogP contribution in [-0.4, -0.2) is 25.8 Å². The first-order valence-electron chi connectivity index (χ1n) is 7.15. The van der Waals surface area contributed by atoms with Crippen molar-refractivity contribution in [2.75, 3.05) is 0 Å². The van der Waals surface area contributed by atoms with E-state index in [1.54, 1.807) is 29.5 Å². The summed E-state index contributed by atoms with van der Waals surface area (Å²) in [7, 11) is 0. The number of fused-ring (bicyclic) bond motifs is 2. The minimum Gasteiger partial charge on any atom is -0.478 e. The van der Waals surface area contributed by atoms with Gasteiger partial charge in [-0.25, -0.2) is 9.78 Å². The van der Waals surface area contributed by atoms with Crippen molar-refractivity contribution in [1.82, 2.24) is 14.8 Å². The third kappa shape index (κ3) is 2.57. The molecular formula is C17H13N3O2S. The molecule has 2 aromatic carbocycles. The second-order valence-electron chi connectivity index (χ2n) is 5.44. The molecule has 0 fully saturated rings. The Bertz CT molecular complexity index is 1050. The summed E-state index contributed by atoms with van der Waals surface area (Å²) < 4.78 is 3.01. The lowest BCUT2D eigenvalue weighted by Gasteiger charge is -2.01. The lowest BCUT2D eigenvalue weighted by molar-refractivity contribution is 0.0697. The second-order valence-corrected chi connectivity index (χ2v) is 6.68. The molecule has 2 heterocycles. The maximum absolute atomic E-state index is 11.0. The molecule has 5 nitrogen and oxygen atoms in total. The van der Waals surface area contributed by atoms with Gasteiger partial charge in [0.05, 0.1) is 32.8 Å². The number of benzene rings is 2. The molecule has 0 aliphatic heterocycles. The number of hydrogen-bond donors (Lipinski definition) is 1. The monoisotopic (exact) mass is 323 g/mol. The normalized spacial score (nSPS) is 11.3. The van der Waals surface area contributed by atoms with Gasteiger partial charge in [0.15, 0.2) is 0 Å². The number of rotatable bonds is 3. The molecule has 0 amide bonds. The van der Waals surface area contributed by atoms with Gasteiger partial charge in [-0.05, 0) is 42.8 Å². The zero-order valence-corrected chi connectivity index (χ0v) is 13.2. The molecule has 4 aromatic rings. The van der Waals surface area contributed by atoms with Gasteiger partial charge >= 0.3 is 5.97 Å². The van der Waals surface area contributed by atoms with Gasteiger partial charge < -0.3 is 5.11 Å². The zero-order chi connectivity index (χ0) is 16.0. The van der Waals surface area contributed by atoms with E-state index in [1.165, 1.54) is 4.70 Å². The molecule has 2 aromatic heterocycles. The summed E-state index contributed by atoms with van der Waals surface area (Å²) >= 11 is 1.69. The molecule has 0 saturated carbocycles. The Morgan fingerprint density at radius 3 is 2.91 bits per heavy atom. The summed E-state index contributed by atoms with van der Waals surface area (Å²) in [4.78, 5) is 15.5. The van der Waals surface area contributed by atoms with Crippen LogP contribution in [0.1, 0.15) is 20.9 Å². The summed E-state index contributed by atoms with van der Waals surface area (Å²) in [5.41, 5.74) is 3.20. The van der Waals surface area contributed by atoms with Crippen molar-refractivity contribution in [3.05, 3.63) is 58.7 Å². The Kier molecular flexibility index (Phi) is 3.12. The van der Waals surface area contributed by atoms with Gasteiger partial charge in [-0.3, -0.25) is 4.68 Å². The SMILES string of the molecule is Cc1nc2cc(Cn3cc4cc(C(=O)O)ccc4n3)ccc2s1. The van der Waals surface area contributed by atoms with Crippen molar-refractivity contribution < 1.29 is 9.90 Å². The first-order valence-corrected chi connectivity index (χ1v) is 7.97. The van der Waals surface area contributed by atoms with Crippen molar-refractivity contribution in [3.8, 4) is 0 Å². The van der Waals surface area contributed by atoms with Gasteiger partial charge in [0.1, 0.15) is 0 Å². The molecule has 1 N–H and O–H groups in total. The zero-order valence-electron chi connectivity index (χ0n) is 12.4. The van der Waals surface area contributed by atoms with E-state index in [0.29, 0.717) is 6.54 Å². The van der Waals surface area contributed by atoms with E-state index in [4.69, 9.17) is 5.11 Å².